The van der Waals surface area contributed by atoms with E-state index in [9.17, 15) is 14.4 Å². The number of amides is 3. The third kappa shape index (κ3) is 5.64. The lowest BCUT2D eigenvalue weighted by molar-refractivity contribution is -0.125. The minimum absolute atomic E-state index is 0.0636. The molecule has 0 unspecified atom stereocenters. The van der Waals surface area contributed by atoms with Gasteiger partial charge in [-0.2, -0.15) is 0 Å². The number of morpholine rings is 1. The highest BCUT2D eigenvalue weighted by Gasteiger charge is 2.42. The van der Waals surface area contributed by atoms with Crippen molar-refractivity contribution >= 4 is 52.2 Å². The molecule has 0 radical (unpaired) electrons. The molecule has 2 aromatic carbocycles. The number of hydrogen-bond donors (Lipinski definition) is 1. The minimum Gasteiger partial charge on any atom is -0.399 e. The fourth-order valence-electron chi connectivity index (χ4n) is 4.77. The van der Waals surface area contributed by atoms with Gasteiger partial charge in [0.15, 0.2) is 5.06 Å². The molecule has 192 valence electrons. The van der Waals surface area contributed by atoms with Crippen molar-refractivity contribution in [2.24, 2.45) is 5.92 Å². The maximum absolute atomic E-state index is 13.7. The summed E-state index contributed by atoms with van der Waals surface area (Å²) in [7, 11) is 0. The van der Waals surface area contributed by atoms with Crippen LogP contribution >= 0.6 is 22.9 Å². The SMILES string of the molecule is Cc1cc(N2C[C@H](NC(=O)Oc3ccc(Cl)s3)[C@@H](Cc3ccccc3)C2=O)ccc1N1CCOCC1=O. The standard InChI is InChI=1S/C27H26ClN3O5S/c1-17-13-19(7-8-22(17)30-11-12-35-16-24(30)32)31-15-21(29-27(34)36-25-10-9-23(28)37-25)20(26(31)33)14-18-5-3-2-4-6-18/h2-10,13,20-21H,11-12,14-16H2,1H3,(H,29,34)/t20-,21+/m1/s1. The second-order valence-corrected chi connectivity index (χ2v) is 10.7. The van der Waals surface area contributed by atoms with E-state index in [-0.39, 0.29) is 18.4 Å². The molecule has 8 nitrogen and oxygen atoms in total. The summed E-state index contributed by atoms with van der Waals surface area (Å²) in [6.45, 7) is 3.26. The molecule has 0 aliphatic carbocycles. The number of nitrogens with zero attached hydrogens (tertiary/aromatic N) is 2. The number of carbonyl (C=O) groups excluding carboxylic acids is 3. The van der Waals surface area contributed by atoms with E-state index in [1.165, 1.54) is 0 Å². The van der Waals surface area contributed by atoms with Crippen LogP contribution in [-0.2, 0) is 20.7 Å². The number of benzene rings is 2. The molecule has 0 saturated carbocycles. The van der Waals surface area contributed by atoms with Crippen molar-refractivity contribution in [3.05, 3.63) is 76.1 Å². The highest BCUT2D eigenvalue weighted by molar-refractivity contribution is 7.17. The van der Waals surface area contributed by atoms with Crippen LogP contribution in [0, 0.1) is 12.8 Å². The van der Waals surface area contributed by atoms with Gasteiger partial charge in [-0.05, 0) is 54.8 Å². The molecule has 0 bridgehead atoms. The summed E-state index contributed by atoms with van der Waals surface area (Å²) in [6.07, 6.45) is -0.153. The quantitative estimate of drug-likeness (QED) is 0.500. The zero-order valence-corrected chi connectivity index (χ0v) is 21.8. The number of aryl methyl sites for hydroxylation is 1. The molecule has 2 saturated heterocycles. The molecular formula is C27H26ClN3O5S. The van der Waals surface area contributed by atoms with Gasteiger partial charge in [-0.25, -0.2) is 4.79 Å². The molecule has 2 atom stereocenters. The second-order valence-electron chi connectivity index (χ2n) is 9.01. The van der Waals surface area contributed by atoms with Crippen molar-refractivity contribution in [3.8, 4) is 5.06 Å². The topological polar surface area (TPSA) is 88.2 Å². The van der Waals surface area contributed by atoms with Gasteiger partial charge in [-0.3, -0.25) is 9.59 Å². The molecule has 0 spiro atoms. The smallest absolute Gasteiger partial charge is 0.399 e. The summed E-state index contributed by atoms with van der Waals surface area (Å²) in [5.41, 5.74) is 3.40. The first-order chi connectivity index (χ1) is 17.9. The predicted octanol–water partition coefficient (Wildman–Crippen LogP) is 4.44. The zero-order chi connectivity index (χ0) is 25.9. The Morgan fingerprint density at radius 3 is 2.65 bits per heavy atom. The molecule has 3 heterocycles. The number of nitrogens with one attached hydrogen (secondary N) is 1. The maximum Gasteiger partial charge on any atom is 0.413 e. The first kappa shape index (κ1) is 25.3. The van der Waals surface area contributed by atoms with Crippen molar-refractivity contribution in [1.82, 2.24) is 5.32 Å². The van der Waals surface area contributed by atoms with E-state index in [4.69, 9.17) is 21.1 Å². The number of ether oxygens (including phenoxy) is 2. The third-order valence-electron chi connectivity index (χ3n) is 6.56. The molecule has 3 amide bonds. The van der Waals surface area contributed by atoms with Crippen LogP contribution in [-0.4, -0.2) is 50.3 Å². The largest absolute Gasteiger partial charge is 0.413 e. The van der Waals surface area contributed by atoms with Crippen LogP contribution in [0.25, 0.3) is 0 Å². The number of anilines is 2. The molecule has 37 heavy (non-hydrogen) atoms. The number of halogens is 1. The number of hydrogen-bond acceptors (Lipinski definition) is 6. The highest BCUT2D eigenvalue weighted by atomic mass is 35.5. The van der Waals surface area contributed by atoms with Crippen molar-refractivity contribution in [1.29, 1.82) is 0 Å². The van der Waals surface area contributed by atoms with Crippen molar-refractivity contribution in [2.75, 3.05) is 36.1 Å². The van der Waals surface area contributed by atoms with E-state index in [0.717, 1.165) is 28.2 Å². The first-order valence-electron chi connectivity index (χ1n) is 12.0. The number of thiophene rings is 1. The Bertz CT molecular complexity index is 1310. The predicted molar refractivity (Wildman–Crippen MR) is 143 cm³/mol. The molecule has 10 heteroatoms. The lowest BCUT2D eigenvalue weighted by Gasteiger charge is -2.29. The summed E-state index contributed by atoms with van der Waals surface area (Å²) < 4.78 is 11.1. The molecule has 3 aromatic rings. The normalized spacial score (nSPS) is 19.8. The summed E-state index contributed by atoms with van der Waals surface area (Å²) in [6, 6.07) is 18.2. The van der Waals surface area contributed by atoms with Crippen molar-refractivity contribution in [3.63, 3.8) is 0 Å². The van der Waals surface area contributed by atoms with E-state index in [0.29, 0.717) is 41.2 Å². The molecular weight excluding hydrogens is 514 g/mol. The van der Waals surface area contributed by atoms with Gasteiger partial charge in [0.05, 0.1) is 22.9 Å². The van der Waals surface area contributed by atoms with E-state index in [1.54, 1.807) is 21.9 Å². The Morgan fingerprint density at radius 2 is 1.95 bits per heavy atom. The first-order valence-corrected chi connectivity index (χ1v) is 13.2. The highest BCUT2D eigenvalue weighted by Crippen LogP contribution is 2.33. The molecule has 2 fully saturated rings. The van der Waals surface area contributed by atoms with Crippen LogP contribution in [0.2, 0.25) is 4.34 Å². The molecule has 2 aliphatic rings. The fraction of sp³-hybridized carbons (Fsp3) is 0.296. The van der Waals surface area contributed by atoms with Crippen LogP contribution in [0.4, 0.5) is 16.2 Å². The average molecular weight is 540 g/mol. The fourth-order valence-corrected chi connectivity index (χ4v) is 5.64. The Morgan fingerprint density at radius 1 is 1.14 bits per heavy atom. The number of carbonyl (C=O) groups is 3. The van der Waals surface area contributed by atoms with Crippen molar-refractivity contribution in [2.45, 2.75) is 19.4 Å². The Kier molecular flexibility index (Phi) is 7.45. The van der Waals surface area contributed by atoms with Crippen LogP contribution < -0.4 is 19.9 Å². The Hall–Kier alpha value is -3.40. The monoisotopic (exact) mass is 539 g/mol. The average Bonchev–Trinajstić information content (AvgIpc) is 3.42. The summed E-state index contributed by atoms with van der Waals surface area (Å²) in [4.78, 5) is 42.1. The van der Waals surface area contributed by atoms with Crippen LogP contribution in [0.1, 0.15) is 11.1 Å². The Labute approximate surface area is 223 Å². The van der Waals surface area contributed by atoms with Crippen molar-refractivity contribution < 1.29 is 23.9 Å². The van der Waals surface area contributed by atoms with E-state index in [2.05, 4.69) is 5.32 Å². The van der Waals surface area contributed by atoms with Gasteiger partial charge in [-0.15, -0.1) is 0 Å². The van der Waals surface area contributed by atoms with Gasteiger partial charge >= 0.3 is 6.09 Å². The molecule has 2 aliphatic heterocycles. The molecule has 1 N–H and O–H groups in total. The Balaban J connectivity index is 1.37. The van der Waals surface area contributed by atoms with Gasteiger partial charge in [0.1, 0.15) is 6.61 Å². The maximum atomic E-state index is 13.7. The van der Waals surface area contributed by atoms with Gasteiger partial charge in [0.2, 0.25) is 5.91 Å². The van der Waals surface area contributed by atoms with Crippen LogP contribution in [0.3, 0.4) is 0 Å². The number of rotatable bonds is 6. The van der Waals surface area contributed by atoms with E-state index >= 15 is 0 Å². The third-order valence-corrected chi connectivity index (χ3v) is 7.67. The van der Waals surface area contributed by atoms with E-state index in [1.807, 2.05) is 55.5 Å². The summed E-state index contributed by atoms with van der Waals surface area (Å²) in [5.74, 6) is -0.636. The van der Waals surface area contributed by atoms with Gasteiger partial charge in [0.25, 0.3) is 5.91 Å². The molecule has 1 aromatic heterocycles. The van der Waals surface area contributed by atoms with E-state index < -0.39 is 18.1 Å². The summed E-state index contributed by atoms with van der Waals surface area (Å²) >= 11 is 7.10. The second kappa shape index (κ2) is 10.9. The lowest BCUT2D eigenvalue weighted by Crippen LogP contribution is -2.42. The van der Waals surface area contributed by atoms with Crippen LogP contribution in [0.5, 0.6) is 5.06 Å². The van der Waals surface area contributed by atoms with Gasteiger partial charge in [0, 0.05) is 24.5 Å². The zero-order valence-electron chi connectivity index (χ0n) is 20.2. The van der Waals surface area contributed by atoms with Gasteiger partial charge in [-0.1, -0.05) is 53.3 Å². The summed E-state index contributed by atoms with van der Waals surface area (Å²) in [5, 5.41) is 3.28. The lowest BCUT2D eigenvalue weighted by atomic mass is 9.94. The van der Waals surface area contributed by atoms with Crippen LogP contribution in [0.15, 0.2) is 60.7 Å². The van der Waals surface area contributed by atoms with Gasteiger partial charge < -0.3 is 24.6 Å². The molecule has 5 rings (SSSR count). The minimum atomic E-state index is -0.631.